The normalized spacial score (nSPS) is 12.4. The van der Waals surface area contributed by atoms with E-state index >= 15 is 0 Å². The van der Waals surface area contributed by atoms with E-state index in [9.17, 15) is 13.2 Å². The van der Waals surface area contributed by atoms with Crippen LogP contribution >= 0.6 is 0 Å². The molecule has 2 aromatic carbocycles. The van der Waals surface area contributed by atoms with Crippen LogP contribution in [-0.4, -0.2) is 37.9 Å². The molecule has 2 aromatic rings. The minimum absolute atomic E-state index is 0.120. The minimum Gasteiger partial charge on any atom is -0.446 e. The molecule has 0 radical (unpaired) electrons. The molecule has 0 aliphatic rings. The highest BCUT2D eigenvalue weighted by Crippen LogP contribution is 2.25. The Labute approximate surface area is 172 Å². The Balaban J connectivity index is 2.37. The number of hydrogen-bond acceptors (Lipinski definition) is 5. The van der Waals surface area contributed by atoms with Gasteiger partial charge in [-0.15, -0.1) is 0 Å². The number of carbonyl (C=O) groups is 1. The minimum atomic E-state index is -3.94. The first-order valence-corrected chi connectivity index (χ1v) is 10.8. The van der Waals surface area contributed by atoms with Crippen molar-refractivity contribution >= 4 is 16.0 Å². The van der Waals surface area contributed by atoms with Gasteiger partial charge in [0.05, 0.1) is 4.90 Å². The van der Waals surface area contributed by atoms with Gasteiger partial charge in [0.15, 0.2) is 6.10 Å². The molecule has 0 unspecified atom stereocenters. The van der Waals surface area contributed by atoms with Crippen molar-refractivity contribution < 1.29 is 17.9 Å². The number of ether oxygens (including phenoxy) is 1. The molecule has 0 aliphatic carbocycles. The second-order valence-corrected chi connectivity index (χ2v) is 8.94. The van der Waals surface area contributed by atoms with Crippen LogP contribution in [-0.2, 0) is 26.0 Å². The number of hydrogen-bond donors (Lipinski definition) is 0. The fraction of sp³-hybridized carbons (Fsp3) is 0.364. The van der Waals surface area contributed by atoms with Gasteiger partial charge in [-0.2, -0.15) is 9.57 Å². The predicted molar refractivity (Wildman–Crippen MR) is 111 cm³/mol. The van der Waals surface area contributed by atoms with E-state index in [1.165, 1.54) is 6.92 Å². The predicted octanol–water partition coefficient (Wildman–Crippen LogP) is 3.30. The van der Waals surface area contributed by atoms with Gasteiger partial charge in [0, 0.05) is 6.54 Å². The summed E-state index contributed by atoms with van der Waals surface area (Å²) >= 11 is 0. The van der Waals surface area contributed by atoms with Crippen LogP contribution in [0.2, 0.25) is 0 Å². The summed E-state index contributed by atoms with van der Waals surface area (Å²) in [6, 6.07) is 14.9. The molecular weight excluding hydrogens is 388 g/mol. The molecule has 0 saturated heterocycles. The van der Waals surface area contributed by atoms with Gasteiger partial charge in [-0.25, -0.2) is 8.42 Å². The number of carbonyl (C=O) groups excluding carboxylic acids is 1. The van der Waals surface area contributed by atoms with E-state index in [2.05, 4.69) is 0 Å². The lowest BCUT2D eigenvalue weighted by atomic mass is 10.1. The monoisotopic (exact) mass is 414 g/mol. The van der Waals surface area contributed by atoms with Gasteiger partial charge >= 0.3 is 5.97 Å². The van der Waals surface area contributed by atoms with E-state index in [1.54, 1.807) is 13.8 Å². The zero-order valence-electron chi connectivity index (χ0n) is 17.2. The van der Waals surface area contributed by atoms with Crippen LogP contribution in [0.5, 0.6) is 0 Å². The molecule has 29 heavy (non-hydrogen) atoms. The van der Waals surface area contributed by atoms with E-state index in [0.29, 0.717) is 17.5 Å². The Morgan fingerprint density at radius 2 is 1.72 bits per heavy atom. The van der Waals surface area contributed by atoms with E-state index < -0.39 is 28.6 Å². The molecule has 0 aromatic heterocycles. The van der Waals surface area contributed by atoms with Crippen molar-refractivity contribution in [3.05, 3.63) is 64.7 Å². The van der Waals surface area contributed by atoms with Crippen LogP contribution in [0.15, 0.2) is 47.4 Å². The zero-order chi connectivity index (χ0) is 21.6. The van der Waals surface area contributed by atoms with Crippen LogP contribution in [0, 0.1) is 32.1 Å². The summed E-state index contributed by atoms with van der Waals surface area (Å²) in [5, 5.41) is 8.85. The van der Waals surface area contributed by atoms with Crippen LogP contribution in [0.3, 0.4) is 0 Å². The Morgan fingerprint density at radius 3 is 2.28 bits per heavy atom. The van der Waals surface area contributed by atoms with E-state index in [1.807, 2.05) is 55.5 Å². The highest BCUT2D eigenvalue weighted by molar-refractivity contribution is 7.89. The van der Waals surface area contributed by atoms with Gasteiger partial charge in [0.25, 0.3) is 0 Å². The molecule has 0 bridgehead atoms. The molecule has 0 N–H and O–H groups in total. The zero-order valence-corrected chi connectivity index (χ0v) is 18.0. The first kappa shape index (κ1) is 22.6. The van der Waals surface area contributed by atoms with Crippen molar-refractivity contribution in [3.8, 4) is 6.07 Å². The third-order valence-corrected chi connectivity index (χ3v) is 6.64. The Hall–Kier alpha value is -2.69. The molecule has 0 spiro atoms. The molecule has 154 valence electrons. The molecule has 1 atom stereocenters. The maximum Gasteiger partial charge on any atom is 0.322 e. The molecule has 2 rings (SSSR count). The number of esters is 1. The highest BCUT2D eigenvalue weighted by atomic mass is 32.2. The second kappa shape index (κ2) is 9.68. The van der Waals surface area contributed by atoms with Crippen LogP contribution in [0.1, 0.15) is 29.2 Å². The van der Waals surface area contributed by atoms with Crippen molar-refractivity contribution in [1.82, 2.24) is 4.31 Å². The first-order valence-electron chi connectivity index (χ1n) is 9.36. The van der Waals surface area contributed by atoms with Crippen LogP contribution < -0.4 is 0 Å². The molecule has 0 amide bonds. The summed E-state index contributed by atoms with van der Waals surface area (Å²) in [4.78, 5) is 12.5. The van der Waals surface area contributed by atoms with Crippen molar-refractivity contribution in [2.75, 3.05) is 13.1 Å². The lowest BCUT2D eigenvalue weighted by molar-refractivity contribution is -0.146. The van der Waals surface area contributed by atoms with Gasteiger partial charge in [0.2, 0.25) is 10.0 Å². The molecule has 6 nitrogen and oxygen atoms in total. The summed E-state index contributed by atoms with van der Waals surface area (Å²) in [5.74, 6) is -0.752. The molecule has 0 aliphatic heterocycles. The third-order valence-electron chi connectivity index (χ3n) is 4.49. The standard InChI is InChI=1S/C22H26N2O4S/c1-16-12-17(2)22(18(3)13-16)29(26,27)24(15-21(25)28-19(4)14-23)11-10-20-8-6-5-7-9-20/h5-9,12-13,19H,10-11,15H2,1-4H3/t19-/m0/s1. The number of nitrogens with zero attached hydrogens (tertiary/aromatic N) is 2. The maximum absolute atomic E-state index is 13.5. The van der Waals surface area contributed by atoms with Gasteiger partial charge in [-0.05, 0) is 50.8 Å². The number of benzene rings is 2. The Morgan fingerprint density at radius 1 is 1.14 bits per heavy atom. The molecule has 0 saturated carbocycles. The largest absolute Gasteiger partial charge is 0.446 e. The molecular formula is C22H26N2O4S. The smallest absolute Gasteiger partial charge is 0.322 e. The van der Waals surface area contributed by atoms with Crippen molar-refractivity contribution in [1.29, 1.82) is 5.26 Å². The molecule has 7 heteroatoms. The number of aryl methyl sites for hydroxylation is 3. The fourth-order valence-electron chi connectivity index (χ4n) is 3.29. The SMILES string of the molecule is Cc1cc(C)c(S(=O)(=O)N(CCc2ccccc2)CC(=O)O[C@@H](C)C#N)c(C)c1. The Kier molecular flexibility index (Phi) is 7.54. The van der Waals surface area contributed by atoms with Crippen molar-refractivity contribution in [2.45, 2.75) is 45.1 Å². The van der Waals surface area contributed by atoms with Gasteiger partial charge < -0.3 is 4.74 Å². The summed E-state index contributed by atoms with van der Waals surface area (Å²) in [5.41, 5.74) is 3.19. The summed E-state index contributed by atoms with van der Waals surface area (Å²) in [7, 11) is -3.94. The fourth-order valence-corrected chi connectivity index (χ4v) is 5.09. The summed E-state index contributed by atoms with van der Waals surface area (Å²) < 4.78 is 33.0. The summed E-state index contributed by atoms with van der Waals surface area (Å²) in [6.07, 6.45) is -0.491. The van der Waals surface area contributed by atoms with E-state index in [0.717, 1.165) is 15.4 Å². The summed E-state index contributed by atoms with van der Waals surface area (Å²) in [6.45, 7) is 6.51. The topological polar surface area (TPSA) is 87.5 Å². The van der Waals surface area contributed by atoms with Crippen molar-refractivity contribution in [3.63, 3.8) is 0 Å². The van der Waals surface area contributed by atoms with Crippen molar-refractivity contribution in [2.24, 2.45) is 0 Å². The van der Waals surface area contributed by atoms with Gasteiger partial charge in [0.1, 0.15) is 12.6 Å². The number of sulfonamides is 1. The van der Waals surface area contributed by atoms with E-state index in [-0.39, 0.29) is 11.4 Å². The molecule has 0 fully saturated rings. The van der Waals surface area contributed by atoms with Crippen LogP contribution in [0.25, 0.3) is 0 Å². The number of rotatable bonds is 8. The lowest BCUT2D eigenvalue weighted by Crippen LogP contribution is -2.39. The lowest BCUT2D eigenvalue weighted by Gasteiger charge is -2.24. The Bertz CT molecular complexity index is 988. The highest BCUT2D eigenvalue weighted by Gasteiger charge is 2.30. The third kappa shape index (κ3) is 5.89. The maximum atomic E-state index is 13.5. The van der Waals surface area contributed by atoms with Crippen LogP contribution in [0.4, 0.5) is 0 Å². The first-order chi connectivity index (χ1) is 13.6. The quantitative estimate of drug-likeness (QED) is 0.619. The van der Waals surface area contributed by atoms with E-state index in [4.69, 9.17) is 10.00 Å². The molecule has 0 heterocycles. The average Bonchev–Trinajstić information content (AvgIpc) is 2.64. The van der Waals surface area contributed by atoms with Gasteiger partial charge in [-0.1, -0.05) is 48.0 Å². The number of nitriles is 1. The van der Waals surface area contributed by atoms with Gasteiger partial charge in [-0.3, -0.25) is 4.79 Å². The average molecular weight is 415 g/mol. The second-order valence-electron chi connectivity index (χ2n) is 7.06.